The van der Waals surface area contributed by atoms with E-state index in [0.29, 0.717) is 49.5 Å². The van der Waals surface area contributed by atoms with E-state index in [2.05, 4.69) is 19.2 Å². The van der Waals surface area contributed by atoms with E-state index in [4.69, 9.17) is 0 Å². The Labute approximate surface area is 163 Å². The monoisotopic (exact) mass is 393 g/mol. The molecule has 3 atom stereocenters. The SMILES string of the molecule is CC1CCCC(NC(=O)CN2CCN(S(=O)(=O)c3ccccc3)CC2)C1C. The highest BCUT2D eigenvalue weighted by Crippen LogP contribution is 2.29. The molecule has 0 bridgehead atoms. The van der Waals surface area contributed by atoms with Gasteiger partial charge in [0.1, 0.15) is 0 Å². The first-order chi connectivity index (χ1) is 12.9. The van der Waals surface area contributed by atoms with Crippen LogP contribution in [0, 0.1) is 11.8 Å². The average Bonchev–Trinajstić information content (AvgIpc) is 2.66. The van der Waals surface area contributed by atoms with Crippen molar-refractivity contribution in [1.82, 2.24) is 14.5 Å². The normalized spacial score (nSPS) is 28.0. The minimum atomic E-state index is -3.44. The largest absolute Gasteiger partial charge is 0.352 e. The summed E-state index contributed by atoms with van der Waals surface area (Å²) in [6.07, 6.45) is 3.47. The lowest BCUT2D eigenvalue weighted by molar-refractivity contribution is -0.124. The van der Waals surface area contributed by atoms with Crippen LogP contribution < -0.4 is 5.32 Å². The topological polar surface area (TPSA) is 69.7 Å². The van der Waals surface area contributed by atoms with Gasteiger partial charge in [-0.3, -0.25) is 9.69 Å². The van der Waals surface area contributed by atoms with Crippen LogP contribution in [0.1, 0.15) is 33.1 Å². The lowest BCUT2D eigenvalue weighted by Crippen LogP contribution is -2.52. The van der Waals surface area contributed by atoms with Gasteiger partial charge in [-0.05, 0) is 30.4 Å². The highest BCUT2D eigenvalue weighted by molar-refractivity contribution is 7.89. The maximum atomic E-state index is 12.7. The number of nitrogens with zero attached hydrogens (tertiary/aromatic N) is 2. The number of benzene rings is 1. The maximum absolute atomic E-state index is 12.7. The molecule has 1 saturated carbocycles. The lowest BCUT2D eigenvalue weighted by Gasteiger charge is -2.36. The Morgan fingerprint density at radius 3 is 2.41 bits per heavy atom. The summed E-state index contributed by atoms with van der Waals surface area (Å²) in [5.74, 6) is 1.21. The molecular weight excluding hydrogens is 362 g/mol. The van der Waals surface area contributed by atoms with Gasteiger partial charge in [-0.25, -0.2) is 8.42 Å². The third-order valence-electron chi connectivity index (χ3n) is 6.13. The van der Waals surface area contributed by atoms with Crippen LogP contribution in [0.25, 0.3) is 0 Å². The molecule has 1 aliphatic carbocycles. The van der Waals surface area contributed by atoms with Gasteiger partial charge < -0.3 is 5.32 Å². The third kappa shape index (κ3) is 4.89. The molecule has 7 heteroatoms. The summed E-state index contributed by atoms with van der Waals surface area (Å²) in [5.41, 5.74) is 0. The molecule has 3 unspecified atom stereocenters. The second-order valence-corrected chi connectivity index (χ2v) is 9.87. The van der Waals surface area contributed by atoms with Crippen LogP contribution in [0.2, 0.25) is 0 Å². The molecule has 6 nitrogen and oxygen atoms in total. The van der Waals surface area contributed by atoms with Gasteiger partial charge in [-0.1, -0.05) is 44.9 Å². The predicted molar refractivity (Wildman–Crippen MR) is 106 cm³/mol. The molecule has 1 amide bonds. The van der Waals surface area contributed by atoms with Gasteiger partial charge in [0.05, 0.1) is 11.4 Å². The van der Waals surface area contributed by atoms with Crippen molar-refractivity contribution in [3.05, 3.63) is 30.3 Å². The minimum absolute atomic E-state index is 0.0558. The molecule has 1 heterocycles. The van der Waals surface area contributed by atoms with Crippen LogP contribution in [-0.2, 0) is 14.8 Å². The Balaban J connectivity index is 1.49. The summed E-state index contributed by atoms with van der Waals surface area (Å²) >= 11 is 0. The number of amides is 1. The first-order valence-electron chi connectivity index (χ1n) is 9.95. The Hall–Kier alpha value is -1.44. The van der Waals surface area contributed by atoms with Crippen LogP contribution in [0.15, 0.2) is 35.2 Å². The highest BCUT2D eigenvalue weighted by Gasteiger charge is 2.31. The molecular formula is C20H31N3O3S. The molecule has 0 spiro atoms. The molecule has 1 aromatic rings. The Kier molecular flexibility index (Phi) is 6.55. The van der Waals surface area contributed by atoms with Gasteiger partial charge in [0.2, 0.25) is 15.9 Å². The zero-order valence-electron chi connectivity index (χ0n) is 16.3. The van der Waals surface area contributed by atoms with Crippen LogP contribution >= 0.6 is 0 Å². The van der Waals surface area contributed by atoms with E-state index in [9.17, 15) is 13.2 Å². The number of piperazine rings is 1. The number of hydrogen-bond donors (Lipinski definition) is 1. The van der Waals surface area contributed by atoms with Gasteiger partial charge in [0, 0.05) is 32.2 Å². The van der Waals surface area contributed by atoms with Crippen molar-refractivity contribution in [3.8, 4) is 0 Å². The fourth-order valence-electron chi connectivity index (χ4n) is 4.11. The zero-order valence-corrected chi connectivity index (χ0v) is 17.1. The van der Waals surface area contributed by atoms with E-state index in [1.54, 1.807) is 24.3 Å². The van der Waals surface area contributed by atoms with Crippen molar-refractivity contribution in [1.29, 1.82) is 0 Å². The molecule has 0 aromatic heterocycles. The quantitative estimate of drug-likeness (QED) is 0.830. The fraction of sp³-hybridized carbons (Fsp3) is 0.650. The second kappa shape index (κ2) is 8.71. The highest BCUT2D eigenvalue weighted by atomic mass is 32.2. The minimum Gasteiger partial charge on any atom is -0.352 e. The van der Waals surface area contributed by atoms with Gasteiger partial charge in [-0.2, -0.15) is 4.31 Å². The Morgan fingerprint density at radius 2 is 1.74 bits per heavy atom. The molecule has 1 saturated heterocycles. The van der Waals surface area contributed by atoms with Crippen molar-refractivity contribution in [2.24, 2.45) is 11.8 Å². The number of sulfonamides is 1. The molecule has 1 aliphatic heterocycles. The fourth-order valence-corrected chi connectivity index (χ4v) is 5.55. The van der Waals surface area contributed by atoms with E-state index >= 15 is 0 Å². The molecule has 1 N–H and O–H groups in total. The lowest BCUT2D eigenvalue weighted by atomic mass is 9.78. The van der Waals surface area contributed by atoms with E-state index in [-0.39, 0.29) is 11.9 Å². The van der Waals surface area contributed by atoms with E-state index in [1.807, 2.05) is 11.0 Å². The van der Waals surface area contributed by atoms with Crippen molar-refractivity contribution in [2.75, 3.05) is 32.7 Å². The summed E-state index contributed by atoms with van der Waals surface area (Å²) < 4.78 is 26.9. The molecule has 2 aliphatic rings. The number of hydrogen-bond acceptors (Lipinski definition) is 4. The van der Waals surface area contributed by atoms with E-state index in [0.717, 1.165) is 6.42 Å². The molecule has 3 rings (SSSR count). The van der Waals surface area contributed by atoms with Crippen molar-refractivity contribution < 1.29 is 13.2 Å². The first kappa shape index (κ1) is 20.3. The summed E-state index contributed by atoms with van der Waals surface area (Å²) in [7, 11) is -3.44. The number of rotatable bonds is 5. The van der Waals surface area contributed by atoms with Gasteiger partial charge in [-0.15, -0.1) is 0 Å². The Morgan fingerprint density at radius 1 is 1.07 bits per heavy atom. The van der Waals surface area contributed by atoms with Gasteiger partial charge in [0.15, 0.2) is 0 Å². The number of carbonyl (C=O) groups excluding carboxylic acids is 1. The summed E-state index contributed by atoms with van der Waals surface area (Å²) in [6, 6.07) is 8.80. The first-order valence-corrected chi connectivity index (χ1v) is 11.4. The summed E-state index contributed by atoms with van der Waals surface area (Å²) in [6.45, 7) is 6.82. The summed E-state index contributed by atoms with van der Waals surface area (Å²) in [5, 5.41) is 3.20. The van der Waals surface area contributed by atoms with Gasteiger partial charge in [0.25, 0.3) is 0 Å². The zero-order chi connectivity index (χ0) is 19.4. The van der Waals surface area contributed by atoms with E-state index in [1.165, 1.54) is 17.1 Å². The molecule has 2 fully saturated rings. The third-order valence-corrected chi connectivity index (χ3v) is 8.05. The molecule has 150 valence electrons. The standard InChI is InChI=1S/C20H31N3O3S/c1-16-7-6-10-19(17(16)2)21-20(24)15-22-11-13-23(14-12-22)27(25,26)18-8-4-3-5-9-18/h3-5,8-9,16-17,19H,6-7,10-15H2,1-2H3,(H,21,24). The number of carbonyl (C=O) groups is 1. The van der Waals surface area contributed by atoms with Crippen LogP contribution in [0.5, 0.6) is 0 Å². The van der Waals surface area contributed by atoms with Crippen LogP contribution in [0.4, 0.5) is 0 Å². The molecule has 27 heavy (non-hydrogen) atoms. The van der Waals surface area contributed by atoms with Crippen LogP contribution in [0.3, 0.4) is 0 Å². The van der Waals surface area contributed by atoms with Crippen LogP contribution in [-0.4, -0.2) is 62.3 Å². The number of nitrogens with one attached hydrogen (secondary N) is 1. The van der Waals surface area contributed by atoms with Crippen molar-refractivity contribution >= 4 is 15.9 Å². The average molecular weight is 394 g/mol. The predicted octanol–water partition coefficient (Wildman–Crippen LogP) is 1.93. The summed E-state index contributed by atoms with van der Waals surface area (Å²) in [4.78, 5) is 14.8. The van der Waals surface area contributed by atoms with Crippen molar-refractivity contribution in [2.45, 2.75) is 44.0 Å². The smallest absolute Gasteiger partial charge is 0.243 e. The van der Waals surface area contributed by atoms with Crippen molar-refractivity contribution in [3.63, 3.8) is 0 Å². The van der Waals surface area contributed by atoms with E-state index < -0.39 is 10.0 Å². The Bertz CT molecular complexity index is 730. The molecule has 0 radical (unpaired) electrons. The maximum Gasteiger partial charge on any atom is 0.243 e. The van der Waals surface area contributed by atoms with Gasteiger partial charge >= 0.3 is 0 Å². The second-order valence-electron chi connectivity index (χ2n) is 7.93. The molecule has 1 aromatic carbocycles.